The number of hydrogen-bond acceptors (Lipinski definition) is 3. The van der Waals surface area contributed by atoms with Crippen LogP contribution in [0.3, 0.4) is 0 Å². The lowest BCUT2D eigenvalue weighted by molar-refractivity contribution is -0.120. The summed E-state index contributed by atoms with van der Waals surface area (Å²) in [4.78, 5) is 28.8. The van der Waals surface area contributed by atoms with Gasteiger partial charge in [0.05, 0.1) is 12.7 Å². The summed E-state index contributed by atoms with van der Waals surface area (Å²) in [5.41, 5.74) is 3.52. The Kier molecular flexibility index (Phi) is 5.80. The molecule has 2 amide bonds. The van der Waals surface area contributed by atoms with Crippen LogP contribution in [0.1, 0.15) is 53.6 Å². The number of amides is 2. The van der Waals surface area contributed by atoms with E-state index in [1.54, 1.807) is 19.2 Å². The second-order valence-corrected chi connectivity index (χ2v) is 8.58. The van der Waals surface area contributed by atoms with Gasteiger partial charge in [0.15, 0.2) is 0 Å². The Labute approximate surface area is 178 Å². The summed E-state index contributed by atoms with van der Waals surface area (Å²) in [6.07, 6.45) is 5.03. The Morgan fingerprint density at radius 3 is 2.60 bits per heavy atom. The number of fused-ring (bicyclic) bond motifs is 1. The SMILES string of the molecule is COc1ccccc1C(=O)N1C(C(=O)Nc2ccc(C)cc2C)CC2CCCCC21. The van der Waals surface area contributed by atoms with Crippen LogP contribution in [-0.4, -0.2) is 35.9 Å². The van der Waals surface area contributed by atoms with Crippen molar-refractivity contribution in [1.82, 2.24) is 4.90 Å². The van der Waals surface area contributed by atoms with Gasteiger partial charge in [0, 0.05) is 11.7 Å². The molecule has 5 heteroatoms. The molecule has 1 saturated carbocycles. The number of carbonyl (C=O) groups excluding carboxylic acids is 2. The lowest BCUT2D eigenvalue weighted by Crippen LogP contribution is -2.48. The third-order valence-electron chi connectivity index (χ3n) is 6.60. The van der Waals surface area contributed by atoms with Crippen molar-refractivity contribution in [2.75, 3.05) is 12.4 Å². The van der Waals surface area contributed by atoms with Gasteiger partial charge in [-0.2, -0.15) is 0 Å². The highest BCUT2D eigenvalue weighted by molar-refractivity contribution is 6.03. The van der Waals surface area contributed by atoms with Gasteiger partial charge in [0.1, 0.15) is 11.8 Å². The predicted molar refractivity (Wildman–Crippen MR) is 118 cm³/mol. The second-order valence-electron chi connectivity index (χ2n) is 8.58. The lowest BCUT2D eigenvalue weighted by atomic mass is 9.84. The average molecular weight is 407 g/mol. The van der Waals surface area contributed by atoms with Crippen LogP contribution >= 0.6 is 0 Å². The molecular weight excluding hydrogens is 376 g/mol. The zero-order chi connectivity index (χ0) is 21.3. The normalized spacial score (nSPS) is 23.0. The standard InChI is InChI=1S/C25H30N2O3/c1-16-12-13-20(17(2)14-16)26-24(28)22-15-18-8-4-6-10-21(18)27(22)25(29)19-9-5-7-11-23(19)30-3/h5,7,9,11-14,18,21-22H,4,6,8,10,15H2,1-3H3,(H,26,28). The number of nitrogens with zero attached hydrogens (tertiary/aromatic N) is 1. The first-order valence-corrected chi connectivity index (χ1v) is 10.8. The van der Waals surface area contributed by atoms with Crippen LogP contribution in [0.5, 0.6) is 5.75 Å². The molecule has 1 aliphatic heterocycles. The summed E-state index contributed by atoms with van der Waals surface area (Å²) in [6.45, 7) is 4.03. The Bertz CT molecular complexity index is 955. The third-order valence-corrected chi connectivity index (χ3v) is 6.60. The van der Waals surface area contributed by atoms with Crippen LogP contribution in [0.15, 0.2) is 42.5 Å². The minimum absolute atomic E-state index is 0.0976. The number of anilines is 1. The van der Waals surface area contributed by atoms with Crippen molar-refractivity contribution in [3.63, 3.8) is 0 Å². The topological polar surface area (TPSA) is 58.6 Å². The summed E-state index contributed by atoms with van der Waals surface area (Å²) >= 11 is 0. The van der Waals surface area contributed by atoms with E-state index in [-0.39, 0.29) is 17.9 Å². The number of hydrogen-bond donors (Lipinski definition) is 1. The molecule has 158 valence electrons. The first-order chi connectivity index (χ1) is 14.5. The van der Waals surface area contributed by atoms with E-state index in [2.05, 4.69) is 11.4 Å². The van der Waals surface area contributed by atoms with E-state index in [4.69, 9.17) is 4.74 Å². The molecule has 1 N–H and O–H groups in total. The van der Waals surface area contributed by atoms with Crippen LogP contribution in [0.2, 0.25) is 0 Å². The molecule has 3 unspecified atom stereocenters. The van der Waals surface area contributed by atoms with E-state index >= 15 is 0 Å². The maximum atomic E-state index is 13.6. The molecule has 5 nitrogen and oxygen atoms in total. The summed E-state index contributed by atoms with van der Waals surface area (Å²) in [5, 5.41) is 3.09. The number of aryl methyl sites for hydroxylation is 2. The summed E-state index contributed by atoms with van der Waals surface area (Å²) in [7, 11) is 1.57. The van der Waals surface area contributed by atoms with Gasteiger partial charge < -0.3 is 15.0 Å². The monoisotopic (exact) mass is 406 g/mol. The van der Waals surface area contributed by atoms with E-state index < -0.39 is 6.04 Å². The van der Waals surface area contributed by atoms with E-state index in [1.807, 2.05) is 43.0 Å². The van der Waals surface area contributed by atoms with Crippen LogP contribution in [0.4, 0.5) is 5.69 Å². The Morgan fingerprint density at radius 1 is 1.07 bits per heavy atom. The fourth-order valence-electron chi connectivity index (χ4n) is 5.12. The van der Waals surface area contributed by atoms with E-state index in [0.717, 1.165) is 42.5 Å². The van der Waals surface area contributed by atoms with Gasteiger partial charge in [-0.05, 0) is 62.8 Å². The van der Waals surface area contributed by atoms with Gasteiger partial charge in [-0.3, -0.25) is 9.59 Å². The maximum Gasteiger partial charge on any atom is 0.258 e. The van der Waals surface area contributed by atoms with E-state index in [0.29, 0.717) is 17.2 Å². The average Bonchev–Trinajstić information content (AvgIpc) is 3.15. The highest BCUT2D eigenvalue weighted by Crippen LogP contribution is 2.41. The molecule has 4 rings (SSSR count). The number of likely N-dealkylation sites (tertiary alicyclic amines) is 1. The summed E-state index contributed by atoms with van der Waals surface area (Å²) in [6, 6.07) is 12.9. The molecule has 2 aromatic rings. The lowest BCUT2D eigenvalue weighted by Gasteiger charge is -2.34. The maximum absolute atomic E-state index is 13.6. The summed E-state index contributed by atoms with van der Waals surface area (Å²) < 4.78 is 5.43. The number of benzene rings is 2. The van der Waals surface area contributed by atoms with Crippen molar-refractivity contribution in [1.29, 1.82) is 0 Å². The quantitative estimate of drug-likeness (QED) is 0.799. The zero-order valence-corrected chi connectivity index (χ0v) is 18.0. The van der Waals surface area contributed by atoms with Crippen LogP contribution in [0, 0.1) is 19.8 Å². The van der Waals surface area contributed by atoms with Crippen LogP contribution < -0.4 is 10.1 Å². The number of ether oxygens (including phenoxy) is 1. The van der Waals surface area contributed by atoms with Crippen molar-refractivity contribution in [2.24, 2.45) is 5.92 Å². The highest BCUT2D eigenvalue weighted by Gasteiger charge is 2.48. The number of nitrogens with one attached hydrogen (secondary N) is 1. The van der Waals surface area contributed by atoms with Crippen LogP contribution in [0.25, 0.3) is 0 Å². The fourth-order valence-corrected chi connectivity index (χ4v) is 5.12. The highest BCUT2D eigenvalue weighted by atomic mass is 16.5. The first-order valence-electron chi connectivity index (χ1n) is 10.8. The molecular formula is C25H30N2O3. The number of carbonyl (C=O) groups is 2. The predicted octanol–water partition coefficient (Wildman–Crippen LogP) is 4.72. The molecule has 0 aromatic heterocycles. The van der Waals surface area contributed by atoms with Crippen molar-refractivity contribution in [3.05, 3.63) is 59.2 Å². The minimum Gasteiger partial charge on any atom is -0.496 e. The van der Waals surface area contributed by atoms with Crippen molar-refractivity contribution in [2.45, 2.75) is 58.0 Å². The van der Waals surface area contributed by atoms with Gasteiger partial charge in [-0.25, -0.2) is 0 Å². The smallest absolute Gasteiger partial charge is 0.258 e. The molecule has 30 heavy (non-hydrogen) atoms. The van der Waals surface area contributed by atoms with Crippen LogP contribution in [-0.2, 0) is 4.79 Å². The number of methoxy groups -OCH3 is 1. The number of para-hydroxylation sites is 1. The van der Waals surface area contributed by atoms with Crippen molar-refractivity contribution < 1.29 is 14.3 Å². The molecule has 0 radical (unpaired) electrons. The molecule has 0 bridgehead atoms. The Morgan fingerprint density at radius 2 is 1.83 bits per heavy atom. The van der Waals surface area contributed by atoms with Gasteiger partial charge >= 0.3 is 0 Å². The molecule has 2 aromatic carbocycles. The fraction of sp³-hybridized carbons (Fsp3) is 0.440. The molecule has 1 saturated heterocycles. The van der Waals surface area contributed by atoms with Crippen molar-refractivity contribution >= 4 is 17.5 Å². The van der Waals surface area contributed by atoms with E-state index in [1.165, 1.54) is 6.42 Å². The third kappa shape index (κ3) is 3.81. The number of rotatable bonds is 4. The second kappa shape index (κ2) is 8.50. The molecule has 0 spiro atoms. The Hall–Kier alpha value is -2.82. The molecule has 1 heterocycles. The minimum atomic E-state index is -0.462. The largest absolute Gasteiger partial charge is 0.496 e. The zero-order valence-electron chi connectivity index (χ0n) is 18.0. The van der Waals surface area contributed by atoms with Gasteiger partial charge in [0.25, 0.3) is 5.91 Å². The molecule has 2 fully saturated rings. The first kappa shape index (κ1) is 20.5. The van der Waals surface area contributed by atoms with Crippen molar-refractivity contribution in [3.8, 4) is 5.75 Å². The molecule has 1 aliphatic carbocycles. The van der Waals surface area contributed by atoms with Gasteiger partial charge in [0.2, 0.25) is 5.91 Å². The molecule has 2 aliphatic rings. The molecule has 3 atom stereocenters. The van der Waals surface area contributed by atoms with Gasteiger partial charge in [-0.15, -0.1) is 0 Å². The van der Waals surface area contributed by atoms with Gasteiger partial charge in [-0.1, -0.05) is 42.7 Å². The summed E-state index contributed by atoms with van der Waals surface area (Å²) in [5.74, 6) is 0.727. The van der Waals surface area contributed by atoms with E-state index in [9.17, 15) is 9.59 Å². The Balaban J connectivity index is 1.64.